The molecule has 0 saturated heterocycles. The van der Waals surface area contributed by atoms with E-state index in [2.05, 4.69) is 4.98 Å². The van der Waals surface area contributed by atoms with E-state index in [0.717, 1.165) is 16.5 Å². The molecule has 0 unspecified atom stereocenters. The topological polar surface area (TPSA) is 85.5 Å². The Labute approximate surface area is 172 Å². The number of hydrogen-bond acceptors (Lipinski definition) is 6. The number of thiophene rings is 1. The standard InChI is InChI=1S/C22H23NO5S/c1-4-27-21(25)18(22(26)28-5-2)17(20(24)16-11-8-12-29-16)19-13(3)14-9-6-7-10-15(14)23-19/h6-12,17-18,23H,4-5H2,1-3H3/t17-/m0/s1. The van der Waals surface area contributed by atoms with Crippen LogP contribution in [0, 0.1) is 12.8 Å². The molecule has 29 heavy (non-hydrogen) atoms. The van der Waals surface area contributed by atoms with Gasteiger partial charge >= 0.3 is 11.9 Å². The molecule has 6 nitrogen and oxygen atoms in total. The highest BCUT2D eigenvalue weighted by Gasteiger charge is 2.44. The molecule has 0 aliphatic carbocycles. The van der Waals surface area contributed by atoms with Crippen molar-refractivity contribution in [2.75, 3.05) is 13.2 Å². The highest BCUT2D eigenvalue weighted by atomic mass is 32.1. The summed E-state index contributed by atoms with van der Waals surface area (Å²) in [5.74, 6) is -4.31. The fourth-order valence-corrected chi connectivity index (χ4v) is 4.17. The summed E-state index contributed by atoms with van der Waals surface area (Å²) in [5.41, 5.74) is 2.17. The lowest BCUT2D eigenvalue weighted by Gasteiger charge is -2.23. The summed E-state index contributed by atoms with van der Waals surface area (Å²) in [7, 11) is 0. The predicted octanol–water partition coefficient (Wildman–Crippen LogP) is 4.25. The van der Waals surface area contributed by atoms with E-state index in [1.165, 1.54) is 11.3 Å². The number of hydrogen-bond donors (Lipinski definition) is 1. The molecule has 0 bridgehead atoms. The molecule has 2 heterocycles. The number of H-pyrrole nitrogens is 1. The third kappa shape index (κ3) is 4.10. The van der Waals surface area contributed by atoms with Crippen LogP contribution in [0.2, 0.25) is 0 Å². The lowest BCUT2D eigenvalue weighted by atomic mass is 9.83. The van der Waals surface area contributed by atoms with Crippen LogP contribution in [0.3, 0.4) is 0 Å². The van der Waals surface area contributed by atoms with Crippen LogP contribution in [0.5, 0.6) is 0 Å². The van der Waals surface area contributed by atoms with Gasteiger partial charge < -0.3 is 14.5 Å². The number of benzene rings is 1. The van der Waals surface area contributed by atoms with E-state index in [9.17, 15) is 14.4 Å². The normalized spacial score (nSPS) is 12.1. The molecule has 0 aliphatic rings. The number of ether oxygens (including phenoxy) is 2. The quantitative estimate of drug-likeness (QED) is 0.339. The molecule has 1 atom stereocenters. The van der Waals surface area contributed by atoms with E-state index in [4.69, 9.17) is 9.47 Å². The van der Waals surface area contributed by atoms with Gasteiger partial charge in [0.25, 0.3) is 0 Å². The summed E-state index contributed by atoms with van der Waals surface area (Å²) in [6, 6.07) is 11.1. The van der Waals surface area contributed by atoms with Gasteiger partial charge in [-0.05, 0) is 43.8 Å². The van der Waals surface area contributed by atoms with E-state index < -0.39 is 23.8 Å². The van der Waals surface area contributed by atoms with Crippen LogP contribution in [0.4, 0.5) is 0 Å². The number of nitrogens with one attached hydrogen (secondary N) is 1. The number of rotatable bonds is 8. The van der Waals surface area contributed by atoms with E-state index in [1.54, 1.807) is 31.4 Å². The van der Waals surface area contributed by atoms with Crippen LogP contribution in [0.1, 0.15) is 40.7 Å². The molecule has 0 saturated carbocycles. The van der Waals surface area contributed by atoms with Crippen molar-refractivity contribution in [1.82, 2.24) is 4.98 Å². The summed E-state index contributed by atoms with van der Waals surface area (Å²) >= 11 is 1.27. The zero-order valence-corrected chi connectivity index (χ0v) is 17.4. The van der Waals surface area contributed by atoms with Crippen molar-refractivity contribution in [1.29, 1.82) is 0 Å². The molecule has 1 aromatic carbocycles. The Bertz CT molecular complexity index is 1000. The molecular formula is C22H23NO5S. The highest BCUT2D eigenvalue weighted by Crippen LogP contribution is 2.36. The Morgan fingerprint density at radius 1 is 1.00 bits per heavy atom. The van der Waals surface area contributed by atoms with Crippen molar-refractivity contribution in [2.24, 2.45) is 5.92 Å². The van der Waals surface area contributed by atoms with Gasteiger partial charge in [0.2, 0.25) is 0 Å². The average molecular weight is 413 g/mol. The third-order valence-corrected chi connectivity index (χ3v) is 5.66. The number of aromatic nitrogens is 1. The summed E-state index contributed by atoms with van der Waals surface area (Å²) in [6.45, 7) is 5.38. The zero-order chi connectivity index (χ0) is 21.0. The SMILES string of the molecule is CCOC(=O)C(C(=O)OCC)[C@H](C(=O)c1cccs1)c1[nH]c2ccccc2c1C. The first-order valence-corrected chi connectivity index (χ1v) is 10.4. The molecule has 0 amide bonds. The van der Waals surface area contributed by atoms with E-state index >= 15 is 0 Å². The average Bonchev–Trinajstić information content (AvgIpc) is 3.35. The van der Waals surface area contributed by atoms with Crippen LogP contribution in [-0.2, 0) is 19.1 Å². The third-order valence-electron chi connectivity index (χ3n) is 4.78. The molecule has 0 radical (unpaired) electrons. The summed E-state index contributed by atoms with van der Waals surface area (Å²) in [4.78, 5) is 42.8. The monoisotopic (exact) mass is 413 g/mol. The van der Waals surface area contributed by atoms with Crippen LogP contribution in [-0.4, -0.2) is 35.9 Å². The van der Waals surface area contributed by atoms with Crippen molar-refractivity contribution in [3.8, 4) is 0 Å². The lowest BCUT2D eigenvalue weighted by molar-refractivity contribution is -0.162. The Morgan fingerprint density at radius 3 is 2.21 bits per heavy atom. The Balaban J connectivity index is 2.19. The first-order chi connectivity index (χ1) is 14.0. The van der Waals surface area contributed by atoms with Crippen molar-refractivity contribution >= 4 is 40.0 Å². The summed E-state index contributed by atoms with van der Waals surface area (Å²) in [6.07, 6.45) is 0. The van der Waals surface area contributed by atoms with Crippen LogP contribution >= 0.6 is 11.3 Å². The highest BCUT2D eigenvalue weighted by molar-refractivity contribution is 7.12. The number of para-hydroxylation sites is 1. The number of fused-ring (bicyclic) bond motifs is 1. The number of aromatic amines is 1. The van der Waals surface area contributed by atoms with Crippen molar-refractivity contribution in [2.45, 2.75) is 26.7 Å². The second-order valence-electron chi connectivity index (χ2n) is 6.51. The van der Waals surface area contributed by atoms with Crippen molar-refractivity contribution in [3.05, 3.63) is 57.9 Å². The van der Waals surface area contributed by atoms with Gasteiger partial charge in [-0.1, -0.05) is 24.3 Å². The molecule has 0 aliphatic heterocycles. The van der Waals surface area contributed by atoms with E-state index in [0.29, 0.717) is 10.6 Å². The zero-order valence-electron chi connectivity index (χ0n) is 16.6. The van der Waals surface area contributed by atoms with Gasteiger partial charge in [-0.25, -0.2) is 0 Å². The number of aryl methyl sites for hydroxylation is 1. The van der Waals surface area contributed by atoms with Gasteiger partial charge in [0, 0.05) is 16.6 Å². The summed E-state index contributed by atoms with van der Waals surface area (Å²) in [5, 5.41) is 2.71. The molecule has 152 valence electrons. The number of carbonyl (C=O) groups excluding carboxylic acids is 3. The molecule has 2 aromatic heterocycles. The second kappa shape index (κ2) is 9.05. The van der Waals surface area contributed by atoms with E-state index in [1.807, 2.05) is 31.2 Å². The smallest absolute Gasteiger partial charge is 0.321 e. The second-order valence-corrected chi connectivity index (χ2v) is 7.46. The van der Waals surface area contributed by atoms with Crippen LogP contribution in [0.15, 0.2) is 41.8 Å². The predicted molar refractivity (Wildman–Crippen MR) is 111 cm³/mol. The number of esters is 2. The molecule has 3 aromatic rings. The Kier molecular flexibility index (Phi) is 6.49. The Morgan fingerprint density at radius 2 is 1.66 bits per heavy atom. The summed E-state index contributed by atoms with van der Waals surface area (Å²) < 4.78 is 10.3. The van der Waals surface area contributed by atoms with Gasteiger partial charge in [0.15, 0.2) is 11.7 Å². The van der Waals surface area contributed by atoms with Gasteiger partial charge in [0.05, 0.1) is 24.0 Å². The van der Waals surface area contributed by atoms with Crippen molar-refractivity contribution < 1.29 is 23.9 Å². The minimum atomic E-state index is -1.39. The molecule has 7 heteroatoms. The van der Waals surface area contributed by atoms with Gasteiger partial charge in [-0.2, -0.15) is 0 Å². The minimum Gasteiger partial charge on any atom is -0.465 e. The van der Waals surface area contributed by atoms with Crippen LogP contribution < -0.4 is 0 Å². The van der Waals surface area contributed by atoms with Gasteiger partial charge in [-0.15, -0.1) is 11.3 Å². The maximum absolute atomic E-state index is 13.5. The first kappa shape index (κ1) is 20.8. The number of carbonyl (C=O) groups is 3. The number of Topliss-reactive ketones (excluding diaryl/α,β-unsaturated/α-hetero) is 1. The lowest BCUT2D eigenvalue weighted by Crippen LogP contribution is -2.37. The largest absolute Gasteiger partial charge is 0.465 e. The van der Waals surface area contributed by atoms with E-state index in [-0.39, 0.29) is 19.0 Å². The molecule has 1 N–H and O–H groups in total. The molecule has 3 rings (SSSR count). The molecular weight excluding hydrogens is 390 g/mol. The number of ketones is 1. The van der Waals surface area contributed by atoms with Gasteiger partial charge in [0.1, 0.15) is 0 Å². The fraction of sp³-hybridized carbons (Fsp3) is 0.318. The molecule has 0 spiro atoms. The van der Waals surface area contributed by atoms with Crippen LogP contribution in [0.25, 0.3) is 10.9 Å². The minimum absolute atomic E-state index is 0.0976. The maximum atomic E-state index is 13.5. The van der Waals surface area contributed by atoms with Gasteiger partial charge in [-0.3, -0.25) is 14.4 Å². The maximum Gasteiger partial charge on any atom is 0.321 e. The fourth-order valence-electron chi connectivity index (χ4n) is 3.47. The Hall–Kier alpha value is -2.93. The first-order valence-electron chi connectivity index (χ1n) is 9.47. The molecule has 0 fully saturated rings. The van der Waals surface area contributed by atoms with Crippen molar-refractivity contribution in [3.63, 3.8) is 0 Å².